The highest BCUT2D eigenvalue weighted by Crippen LogP contribution is 2.34. The molecule has 1 aromatic heterocycles. The molecule has 8 heteroatoms. The highest BCUT2D eigenvalue weighted by atomic mass is 35.5. The topological polar surface area (TPSA) is 76.4 Å². The van der Waals surface area contributed by atoms with E-state index < -0.39 is 15.0 Å². The Hall–Kier alpha value is -2.35. The third-order valence-corrected chi connectivity index (χ3v) is 6.11. The molecule has 0 atom stereocenters. The maximum atomic E-state index is 12.7. The van der Waals surface area contributed by atoms with Crippen LogP contribution < -0.4 is 9.66 Å². The molecule has 1 N–H and O–H groups in total. The first-order chi connectivity index (χ1) is 11.9. The Morgan fingerprint density at radius 2 is 1.68 bits per heavy atom. The van der Waals surface area contributed by atoms with Crippen molar-refractivity contribution in [3.05, 3.63) is 69.4 Å². The average Bonchev–Trinajstić information content (AvgIpc) is 2.95. The standard InChI is InChI=1S/C17H10ClNO4S2/c18-10-5-7-11(8-6-10)25(21,22)19-14-9-15-16(23-17(20)24-15)13-4-2-1-3-12(13)14/h1-9,19H. The van der Waals surface area contributed by atoms with Crippen molar-refractivity contribution in [3.63, 3.8) is 0 Å². The number of hydrogen-bond donors (Lipinski definition) is 1. The molecule has 5 nitrogen and oxygen atoms in total. The minimum atomic E-state index is -3.80. The van der Waals surface area contributed by atoms with Gasteiger partial charge in [-0.15, -0.1) is 0 Å². The molecule has 1 heterocycles. The van der Waals surface area contributed by atoms with Crippen LogP contribution in [0.1, 0.15) is 0 Å². The van der Waals surface area contributed by atoms with E-state index in [0.717, 1.165) is 11.3 Å². The Bertz CT molecular complexity index is 1260. The second-order valence-electron chi connectivity index (χ2n) is 5.31. The number of benzene rings is 3. The van der Waals surface area contributed by atoms with Gasteiger partial charge < -0.3 is 4.42 Å². The lowest BCUT2D eigenvalue weighted by Gasteiger charge is -2.11. The first-order valence-corrected chi connectivity index (χ1v) is 9.85. The molecule has 0 spiro atoms. The van der Waals surface area contributed by atoms with Crippen LogP contribution in [0.4, 0.5) is 5.69 Å². The van der Waals surface area contributed by atoms with E-state index in [0.29, 0.717) is 31.8 Å². The molecule has 0 saturated carbocycles. The molecular formula is C17H10ClNO4S2. The van der Waals surface area contributed by atoms with Crippen molar-refractivity contribution in [3.8, 4) is 0 Å². The fourth-order valence-electron chi connectivity index (χ4n) is 2.60. The summed E-state index contributed by atoms with van der Waals surface area (Å²) in [5, 5.41) is 1.77. The first-order valence-electron chi connectivity index (χ1n) is 7.18. The first kappa shape index (κ1) is 16.1. The van der Waals surface area contributed by atoms with Crippen molar-refractivity contribution in [1.82, 2.24) is 0 Å². The van der Waals surface area contributed by atoms with Crippen LogP contribution in [0.5, 0.6) is 0 Å². The van der Waals surface area contributed by atoms with Crippen molar-refractivity contribution < 1.29 is 12.8 Å². The van der Waals surface area contributed by atoms with E-state index in [4.69, 9.17) is 16.0 Å². The summed E-state index contributed by atoms with van der Waals surface area (Å²) in [6.45, 7) is 0. The number of nitrogens with one attached hydrogen (secondary N) is 1. The van der Waals surface area contributed by atoms with Crippen LogP contribution in [0.3, 0.4) is 0 Å². The van der Waals surface area contributed by atoms with Gasteiger partial charge in [0.15, 0.2) is 5.58 Å². The summed E-state index contributed by atoms with van der Waals surface area (Å²) < 4.78 is 33.7. The molecule has 0 radical (unpaired) electrons. The molecule has 0 aliphatic carbocycles. The minimum absolute atomic E-state index is 0.0986. The van der Waals surface area contributed by atoms with E-state index >= 15 is 0 Å². The van der Waals surface area contributed by atoms with Gasteiger partial charge in [-0.3, -0.25) is 4.72 Å². The van der Waals surface area contributed by atoms with Gasteiger partial charge in [0, 0.05) is 15.8 Å². The second-order valence-corrected chi connectivity index (χ2v) is 8.41. The van der Waals surface area contributed by atoms with Gasteiger partial charge >= 0.3 is 4.94 Å². The highest BCUT2D eigenvalue weighted by Gasteiger charge is 2.18. The van der Waals surface area contributed by atoms with E-state index in [9.17, 15) is 13.2 Å². The lowest BCUT2D eigenvalue weighted by molar-refractivity contribution is 0.588. The van der Waals surface area contributed by atoms with Gasteiger partial charge in [-0.25, -0.2) is 13.2 Å². The summed E-state index contributed by atoms with van der Waals surface area (Å²) in [5.41, 5.74) is 0.843. The lowest BCUT2D eigenvalue weighted by Crippen LogP contribution is -2.13. The molecule has 25 heavy (non-hydrogen) atoms. The van der Waals surface area contributed by atoms with Crippen LogP contribution in [0.15, 0.2) is 68.7 Å². The molecule has 0 unspecified atom stereocenters. The Labute approximate surface area is 151 Å². The van der Waals surface area contributed by atoms with Gasteiger partial charge in [0.05, 0.1) is 15.3 Å². The summed E-state index contributed by atoms with van der Waals surface area (Å²) in [6.07, 6.45) is 0. The molecule has 0 amide bonds. The van der Waals surface area contributed by atoms with Gasteiger partial charge in [-0.05, 0) is 30.3 Å². The molecule has 126 valence electrons. The Morgan fingerprint density at radius 3 is 2.40 bits per heavy atom. The van der Waals surface area contributed by atoms with Crippen molar-refractivity contribution >= 4 is 59.7 Å². The molecule has 4 aromatic rings. The number of sulfonamides is 1. The van der Waals surface area contributed by atoms with E-state index in [1.165, 1.54) is 24.3 Å². The maximum Gasteiger partial charge on any atom is 0.396 e. The van der Waals surface area contributed by atoms with E-state index in [-0.39, 0.29) is 4.90 Å². The minimum Gasteiger partial charge on any atom is -0.413 e. The van der Waals surface area contributed by atoms with Gasteiger partial charge in [0.2, 0.25) is 0 Å². The van der Waals surface area contributed by atoms with E-state index in [2.05, 4.69) is 4.72 Å². The fourth-order valence-corrected chi connectivity index (χ4v) is 4.52. The van der Waals surface area contributed by atoms with Crippen LogP contribution in [-0.2, 0) is 10.0 Å². The SMILES string of the molecule is O=c1oc2c(cc(NS(=O)(=O)c3ccc(Cl)cc3)c3ccccc32)s1. The summed E-state index contributed by atoms with van der Waals surface area (Å²) in [6, 6.07) is 14.7. The number of halogens is 1. The maximum absolute atomic E-state index is 12.7. The van der Waals surface area contributed by atoms with Crippen LogP contribution in [0.2, 0.25) is 5.02 Å². The quantitative estimate of drug-likeness (QED) is 0.559. The third-order valence-electron chi connectivity index (χ3n) is 3.71. The van der Waals surface area contributed by atoms with Gasteiger partial charge in [-0.2, -0.15) is 0 Å². The van der Waals surface area contributed by atoms with Crippen LogP contribution >= 0.6 is 22.9 Å². The molecule has 0 aliphatic heterocycles. The Morgan fingerprint density at radius 1 is 1.00 bits per heavy atom. The Balaban J connectivity index is 1.91. The van der Waals surface area contributed by atoms with E-state index in [1.54, 1.807) is 30.3 Å². The smallest absolute Gasteiger partial charge is 0.396 e. The summed E-state index contributed by atoms with van der Waals surface area (Å²) in [7, 11) is -3.80. The molecule has 0 aliphatic rings. The largest absolute Gasteiger partial charge is 0.413 e. The predicted octanol–water partition coefficient (Wildman–Crippen LogP) is 4.46. The van der Waals surface area contributed by atoms with Gasteiger partial charge in [-0.1, -0.05) is 47.2 Å². The zero-order valence-electron chi connectivity index (χ0n) is 12.5. The molecule has 0 saturated heterocycles. The number of rotatable bonds is 3. The summed E-state index contributed by atoms with van der Waals surface area (Å²) in [5.74, 6) is 0. The number of fused-ring (bicyclic) bond motifs is 3. The monoisotopic (exact) mass is 391 g/mol. The van der Waals surface area contributed by atoms with Crippen molar-refractivity contribution in [2.24, 2.45) is 0 Å². The normalized spacial score (nSPS) is 11.9. The third kappa shape index (κ3) is 2.90. The van der Waals surface area contributed by atoms with Crippen molar-refractivity contribution in [2.45, 2.75) is 4.90 Å². The molecule has 3 aromatic carbocycles. The zero-order valence-corrected chi connectivity index (χ0v) is 14.9. The molecule has 0 fully saturated rings. The number of anilines is 1. The van der Waals surface area contributed by atoms with Crippen LogP contribution in [-0.4, -0.2) is 8.42 Å². The van der Waals surface area contributed by atoms with Crippen LogP contribution in [0, 0.1) is 0 Å². The van der Waals surface area contributed by atoms with Crippen molar-refractivity contribution in [2.75, 3.05) is 4.72 Å². The average molecular weight is 392 g/mol. The lowest BCUT2D eigenvalue weighted by atomic mass is 10.1. The number of hydrogen-bond acceptors (Lipinski definition) is 5. The van der Waals surface area contributed by atoms with Crippen LogP contribution in [0.25, 0.3) is 21.1 Å². The zero-order chi connectivity index (χ0) is 17.6. The molecule has 0 bridgehead atoms. The second kappa shape index (κ2) is 5.87. The highest BCUT2D eigenvalue weighted by molar-refractivity contribution is 7.92. The molecule has 4 rings (SSSR count). The predicted molar refractivity (Wildman–Crippen MR) is 100 cm³/mol. The molecular weight excluding hydrogens is 382 g/mol. The van der Waals surface area contributed by atoms with E-state index in [1.807, 2.05) is 0 Å². The van der Waals surface area contributed by atoms with Crippen molar-refractivity contribution in [1.29, 1.82) is 0 Å². The summed E-state index contributed by atoms with van der Waals surface area (Å²) in [4.78, 5) is 11.2. The summed E-state index contributed by atoms with van der Waals surface area (Å²) >= 11 is 6.74. The van der Waals surface area contributed by atoms with Gasteiger partial charge in [0.25, 0.3) is 10.0 Å². The van der Waals surface area contributed by atoms with Gasteiger partial charge in [0.1, 0.15) is 0 Å². The Kier molecular flexibility index (Phi) is 3.79. The fraction of sp³-hybridized carbons (Fsp3) is 0.